The third kappa shape index (κ3) is 3.51. The van der Waals surface area contributed by atoms with Gasteiger partial charge < -0.3 is 10.1 Å². The summed E-state index contributed by atoms with van der Waals surface area (Å²) in [6.45, 7) is 2.92. The molecular formula is C19H17FN2O5. The standard InChI is InChI=1S/C19H17FN2O5/c1-10-4-3-5-13(22(25)26)19(10)21-16(24)9-27-15-7-6-12(20)17-11(2)8-14(23)18(15)17/h3-7,11H,8-9H2,1-2H3,(H,21,24). The summed E-state index contributed by atoms with van der Waals surface area (Å²) >= 11 is 0. The fourth-order valence-electron chi connectivity index (χ4n) is 3.23. The number of fused-ring (bicyclic) bond motifs is 1. The van der Waals surface area contributed by atoms with Crippen molar-refractivity contribution in [3.8, 4) is 5.75 Å². The van der Waals surface area contributed by atoms with Gasteiger partial charge in [0.25, 0.3) is 11.6 Å². The predicted octanol–water partition coefficient (Wildman–Crippen LogP) is 3.75. The molecule has 3 rings (SSSR count). The predicted molar refractivity (Wildman–Crippen MR) is 95.7 cm³/mol. The molecule has 2 aromatic rings. The number of anilines is 1. The smallest absolute Gasteiger partial charge is 0.293 e. The average molecular weight is 372 g/mol. The third-order valence-electron chi connectivity index (χ3n) is 4.49. The molecule has 1 unspecified atom stereocenters. The van der Waals surface area contributed by atoms with Crippen molar-refractivity contribution >= 4 is 23.1 Å². The number of carbonyl (C=O) groups excluding carboxylic acids is 2. The van der Waals surface area contributed by atoms with Gasteiger partial charge in [-0.2, -0.15) is 0 Å². The molecule has 1 atom stereocenters. The highest BCUT2D eigenvalue weighted by atomic mass is 19.1. The molecule has 1 aliphatic rings. The van der Waals surface area contributed by atoms with Crippen LogP contribution in [0.1, 0.15) is 40.7 Å². The molecule has 0 aliphatic heterocycles. The number of nitrogens with one attached hydrogen (secondary N) is 1. The van der Waals surface area contributed by atoms with E-state index in [1.807, 2.05) is 0 Å². The van der Waals surface area contributed by atoms with E-state index in [4.69, 9.17) is 4.74 Å². The minimum atomic E-state index is -0.621. The van der Waals surface area contributed by atoms with Crippen LogP contribution >= 0.6 is 0 Å². The van der Waals surface area contributed by atoms with Crippen LogP contribution in [-0.2, 0) is 4.79 Å². The van der Waals surface area contributed by atoms with Gasteiger partial charge in [0.15, 0.2) is 12.4 Å². The van der Waals surface area contributed by atoms with Gasteiger partial charge in [0.2, 0.25) is 0 Å². The first-order valence-electron chi connectivity index (χ1n) is 8.31. The van der Waals surface area contributed by atoms with Crippen molar-refractivity contribution < 1.29 is 23.6 Å². The Balaban J connectivity index is 1.77. The molecule has 1 amide bonds. The molecule has 140 valence electrons. The van der Waals surface area contributed by atoms with Crippen LogP contribution in [0.3, 0.4) is 0 Å². The minimum Gasteiger partial charge on any atom is -0.483 e. The first-order valence-corrected chi connectivity index (χ1v) is 8.31. The number of ether oxygens (including phenoxy) is 1. The number of nitro benzene ring substituents is 1. The highest BCUT2D eigenvalue weighted by Gasteiger charge is 2.32. The monoisotopic (exact) mass is 372 g/mol. The van der Waals surface area contributed by atoms with Crippen LogP contribution in [0.2, 0.25) is 0 Å². The molecule has 0 saturated carbocycles. The lowest BCUT2D eigenvalue weighted by Gasteiger charge is -2.13. The maximum atomic E-state index is 14.0. The van der Waals surface area contributed by atoms with E-state index in [-0.39, 0.29) is 40.8 Å². The normalized spacial score (nSPS) is 15.4. The largest absolute Gasteiger partial charge is 0.483 e. The summed E-state index contributed by atoms with van der Waals surface area (Å²) in [4.78, 5) is 34.9. The number of amides is 1. The van der Waals surface area contributed by atoms with Gasteiger partial charge in [-0.25, -0.2) is 4.39 Å². The highest BCUT2D eigenvalue weighted by molar-refractivity contribution is 6.04. The van der Waals surface area contributed by atoms with E-state index < -0.39 is 23.3 Å². The van der Waals surface area contributed by atoms with E-state index in [0.717, 1.165) is 0 Å². The third-order valence-corrected chi connectivity index (χ3v) is 4.49. The Labute approximate surface area is 154 Å². The number of carbonyl (C=O) groups is 2. The van der Waals surface area contributed by atoms with Crippen molar-refractivity contribution in [1.82, 2.24) is 0 Å². The van der Waals surface area contributed by atoms with Crippen molar-refractivity contribution in [2.45, 2.75) is 26.2 Å². The zero-order valence-electron chi connectivity index (χ0n) is 14.7. The van der Waals surface area contributed by atoms with E-state index in [9.17, 15) is 24.1 Å². The molecule has 0 radical (unpaired) electrons. The maximum absolute atomic E-state index is 14.0. The van der Waals surface area contributed by atoms with E-state index in [1.54, 1.807) is 19.9 Å². The molecule has 7 nitrogen and oxygen atoms in total. The van der Waals surface area contributed by atoms with E-state index in [2.05, 4.69) is 5.32 Å². The summed E-state index contributed by atoms with van der Waals surface area (Å²) < 4.78 is 19.4. The van der Waals surface area contributed by atoms with Crippen molar-refractivity contribution in [2.75, 3.05) is 11.9 Å². The number of hydrogen-bond acceptors (Lipinski definition) is 5. The number of para-hydroxylation sites is 1. The van der Waals surface area contributed by atoms with Crippen LogP contribution in [0, 0.1) is 22.9 Å². The van der Waals surface area contributed by atoms with Gasteiger partial charge in [0.1, 0.15) is 17.3 Å². The van der Waals surface area contributed by atoms with Crippen LogP contribution in [0.15, 0.2) is 30.3 Å². The molecule has 0 bridgehead atoms. The van der Waals surface area contributed by atoms with Gasteiger partial charge in [-0.1, -0.05) is 19.1 Å². The Morgan fingerprint density at radius 2 is 2.11 bits per heavy atom. The molecule has 0 heterocycles. The number of Topliss-reactive ketones (excluding diaryl/α,β-unsaturated/α-hetero) is 1. The van der Waals surface area contributed by atoms with Crippen molar-refractivity contribution in [3.63, 3.8) is 0 Å². The molecule has 27 heavy (non-hydrogen) atoms. The maximum Gasteiger partial charge on any atom is 0.293 e. The minimum absolute atomic E-state index is 0.0881. The van der Waals surface area contributed by atoms with Crippen molar-refractivity contribution in [2.24, 2.45) is 0 Å². The molecule has 8 heteroatoms. The van der Waals surface area contributed by atoms with E-state index in [1.165, 1.54) is 24.3 Å². The van der Waals surface area contributed by atoms with Crippen molar-refractivity contribution in [1.29, 1.82) is 0 Å². The molecule has 0 fully saturated rings. The summed E-state index contributed by atoms with van der Waals surface area (Å²) in [7, 11) is 0. The van der Waals surface area contributed by atoms with Crippen molar-refractivity contribution in [3.05, 3.63) is 63.0 Å². The fourth-order valence-corrected chi connectivity index (χ4v) is 3.23. The zero-order valence-corrected chi connectivity index (χ0v) is 14.7. The van der Waals surface area contributed by atoms with Crippen LogP contribution in [0.4, 0.5) is 15.8 Å². The number of rotatable bonds is 5. The van der Waals surface area contributed by atoms with Gasteiger partial charge in [0.05, 0.1) is 10.5 Å². The summed E-state index contributed by atoms with van der Waals surface area (Å²) in [6, 6.07) is 6.96. The molecule has 0 spiro atoms. The van der Waals surface area contributed by atoms with E-state index in [0.29, 0.717) is 11.1 Å². The fraction of sp³-hybridized carbons (Fsp3) is 0.263. The number of halogens is 1. The van der Waals surface area contributed by atoms with E-state index >= 15 is 0 Å². The number of hydrogen-bond donors (Lipinski definition) is 1. The molecule has 0 saturated heterocycles. The first kappa shape index (κ1) is 18.5. The number of benzene rings is 2. The summed E-state index contributed by atoms with van der Waals surface area (Å²) in [6.07, 6.45) is 0.189. The molecule has 1 aliphatic carbocycles. The van der Waals surface area contributed by atoms with Gasteiger partial charge in [-0.05, 0) is 30.5 Å². The second kappa shape index (κ2) is 7.14. The topological polar surface area (TPSA) is 98.5 Å². The zero-order chi connectivity index (χ0) is 19.7. The lowest BCUT2D eigenvalue weighted by atomic mass is 10.0. The number of ketones is 1. The SMILES string of the molecule is Cc1cccc([N+](=O)[O-])c1NC(=O)COc1ccc(F)c2c1C(=O)CC2C. The van der Waals surface area contributed by atoms with Crippen LogP contribution in [-0.4, -0.2) is 23.2 Å². The number of nitro groups is 1. The van der Waals surface area contributed by atoms with Crippen LogP contribution in [0.25, 0.3) is 0 Å². The lowest BCUT2D eigenvalue weighted by Crippen LogP contribution is -2.22. The summed E-state index contributed by atoms with van der Waals surface area (Å²) in [5, 5.41) is 13.6. The second-order valence-electron chi connectivity index (χ2n) is 6.43. The van der Waals surface area contributed by atoms with Gasteiger partial charge in [-0.3, -0.25) is 19.7 Å². The Morgan fingerprint density at radius 1 is 1.37 bits per heavy atom. The number of aryl methyl sites for hydroxylation is 1. The second-order valence-corrected chi connectivity index (χ2v) is 6.43. The Kier molecular flexibility index (Phi) is 4.89. The van der Waals surface area contributed by atoms with Crippen LogP contribution in [0.5, 0.6) is 5.75 Å². The van der Waals surface area contributed by atoms with Gasteiger partial charge >= 0.3 is 0 Å². The Morgan fingerprint density at radius 3 is 2.81 bits per heavy atom. The quantitative estimate of drug-likeness (QED) is 0.637. The molecule has 2 aromatic carbocycles. The first-order chi connectivity index (χ1) is 12.8. The molecule has 0 aromatic heterocycles. The highest BCUT2D eigenvalue weighted by Crippen LogP contribution is 2.39. The van der Waals surface area contributed by atoms with Gasteiger partial charge in [0, 0.05) is 18.1 Å². The summed E-state index contributed by atoms with van der Waals surface area (Å²) in [5.41, 5.74) is 0.856. The number of nitrogens with zero attached hydrogens (tertiary/aromatic N) is 1. The lowest BCUT2D eigenvalue weighted by molar-refractivity contribution is -0.384. The Bertz CT molecular complexity index is 957. The van der Waals surface area contributed by atoms with Gasteiger partial charge in [-0.15, -0.1) is 0 Å². The summed E-state index contributed by atoms with van der Waals surface area (Å²) in [5.74, 6) is -1.45. The molecular weight excluding hydrogens is 355 g/mol. The van der Waals surface area contributed by atoms with Crippen LogP contribution < -0.4 is 10.1 Å². The Hall–Kier alpha value is -3.29. The average Bonchev–Trinajstić information content (AvgIpc) is 2.91. The molecule has 1 N–H and O–H groups in total.